The minimum absolute atomic E-state index is 0.0706. The van der Waals surface area contributed by atoms with Gasteiger partial charge >= 0.3 is 0 Å². The summed E-state index contributed by atoms with van der Waals surface area (Å²) in [6.07, 6.45) is 7.16. The first kappa shape index (κ1) is 17.3. The van der Waals surface area contributed by atoms with Crippen LogP contribution in [0, 0.1) is 23.2 Å². The average Bonchev–Trinajstić information content (AvgIpc) is 2.79. The molecular formula is C21H31NO3. The Hall–Kier alpha value is -1.16. The first-order chi connectivity index (χ1) is 11.8. The summed E-state index contributed by atoms with van der Waals surface area (Å²) in [5.74, 6) is 1.43. The molecule has 0 aromatic heterocycles. The first-order valence-corrected chi connectivity index (χ1v) is 10.0. The Morgan fingerprint density at radius 2 is 2.04 bits per heavy atom. The zero-order valence-corrected chi connectivity index (χ0v) is 15.8. The van der Waals surface area contributed by atoms with E-state index in [9.17, 15) is 14.7 Å². The predicted molar refractivity (Wildman–Crippen MR) is 95.8 cm³/mol. The number of ketones is 1. The summed E-state index contributed by atoms with van der Waals surface area (Å²) in [5, 5.41) is 11.2. The van der Waals surface area contributed by atoms with Gasteiger partial charge in [0.05, 0.1) is 6.10 Å². The van der Waals surface area contributed by atoms with Crippen LogP contribution in [0.2, 0.25) is 0 Å². The maximum absolute atomic E-state index is 12.7. The van der Waals surface area contributed by atoms with Gasteiger partial charge in [0.25, 0.3) is 0 Å². The van der Waals surface area contributed by atoms with Crippen LogP contribution in [0.3, 0.4) is 0 Å². The van der Waals surface area contributed by atoms with Gasteiger partial charge in [-0.15, -0.1) is 0 Å². The van der Waals surface area contributed by atoms with Crippen molar-refractivity contribution in [2.75, 3.05) is 6.54 Å². The van der Waals surface area contributed by atoms with E-state index in [0.717, 1.165) is 32.2 Å². The maximum Gasteiger partial charge on any atom is 0.223 e. The Labute approximate surface area is 150 Å². The van der Waals surface area contributed by atoms with E-state index in [-0.39, 0.29) is 28.6 Å². The highest BCUT2D eigenvalue weighted by molar-refractivity contribution is 5.91. The summed E-state index contributed by atoms with van der Waals surface area (Å²) in [4.78, 5) is 26.7. The number of hydrogen-bond donors (Lipinski definition) is 1. The molecule has 0 aromatic carbocycles. The van der Waals surface area contributed by atoms with Crippen LogP contribution in [0.5, 0.6) is 0 Å². The van der Waals surface area contributed by atoms with Crippen LogP contribution in [0.25, 0.3) is 0 Å². The summed E-state index contributed by atoms with van der Waals surface area (Å²) >= 11 is 0. The van der Waals surface area contributed by atoms with E-state index < -0.39 is 6.10 Å². The van der Waals surface area contributed by atoms with Crippen molar-refractivity contribution in [3.8, 4) is 0 Å². The number of allylic oxidation sites excluding steroid dienone is 2. The molecule has 0 radical (unpaired) electrons. The number of nitrogens with zero attached hydrogens (tertiary/aromatic N) is 1. The Morgan fingerprint density at radius 1 is 1.28 bits per heavy atom. The minimum Gasteiger partial charge on any atom is -0.393 e. The third-order valence-electron chi connectivity index (χ3n) is 8.02. The summed E-state index contributed by atoms with van der Waals surface area (Å²) in [7, 11) is 0. The monoisotopic (exact) mass is 345 g/mol. The van der Waals surface area contributed by atoms with Crippen LogP contribution >= 0.6 is 0 Å². The van der Waals surface area contributed by atoms with Gasteiger partial charge in [0.2, 0.25) is 5.91 Å². The van der Waals surface area contributed by atoms with Gasteiger partial charge in [-0.05, 0) is 68.3 Å². The molecule has 1 saturated heterocycles. The quantitative estimate of drug-likeness (QED) is 0.837. The Morgan fingerprint density at radius 3 is 2.76 bits per heavy atom. The van der Waals surface area contributed by atoms with Gasteiger partial charge in [-0.2, -0.15) is 0 Å². The third kappa shape index (κ3) is 2.29. The SMILES string of the molecule is CCCN1C(=O)CC2C3CCC4=CC(=O)CC[C@]4(C)C3[C@@H](O)C[C@@]21C. The first-order valence-electron chi connectivity index (χ1n) is 10.0. The van der Waals surface area contributed by atoms with Crippen molar-refractivity contribution >= 4 is 11.7 Å². The Balaban J connectivity index is 1.72. The summed E-state index contributed by atoms with van der Waals surface area (Å²) in [6, 6.07) is 0. The second kappa shape index (κ2) is 5.67. The van der Waals surface area contributed by atoms with E-state index in [1.165, 1.54) is 5.57 Å². The van der Waals surface area contributed by atoms with E-state index in [1.807, 2.05) is 6.08 Å². The maximum atomic E-state index is 12.7. The lowest BCUT2D eigenvalue weighted by atomic mass is 9.47. The number of hydrogen-bond acceptors (Lipinski definition) is 3. The van der Waals surface area contributed by atoms with Gasteiger partial charge in [0, 0.05) is 24.9 Å². The fraction of sp³-hybridized carbons (Fsp3) is 0.810. The lowest BCUT2D eigenvalue weighted by molar-refractivity contribution is -0.139. The number of aliphatic hydroxyl groups excluding tert-OH is 1. The van der Waals surface area contributed by atoms with Crippen LogP contribution in [0.15, 0.2) is 11.6 Å². The van der Waals surface area contributed by atoms with Crippen LogP contribution in [-0.2, 0) is 9.59 Å². The molecule has 4 aliphatic rings. The normalized spacial score (nSPS) is 46.4. The molecule has 1 amide bonds. The zero-order valence-electron chi connectivity index (χ0n) is 15.8. The summed E-state index contributed by atoms with van der Waals surface area (Å²) in [6.45, 7) is 7.38. The number of aliphatic hydroxyl groups is 1. The molecule has 0 spiro atoms. The van der Waals surface area contributed by atoms with Gasteiger partial charge in [0.1, 0.15) is 0 Å². The molecule has 4 heteroatoms. The molecule has 25 heavy (non-hydrogen) atoms. The number of carbonyl (C=O) groups is 2. The van der Waals surface area contributed by atoms with Crippen molar-refractivity contribution in [3.63, 3.8) is 0 Å². The van der Waals surface area contributed by atoms with Gasteiger partial charge in [-0.1, -0.05) is 19.4 Å². The number of amides is 1. The van der Waals surface area contributed by atoms with Crippen LogP contribution in [0.1, 0.15) is 65.7 Å². The molecular weight excluding hydrogens is 314 g/mol. The molecule has 3 aliphatic carbocycles. The standard InChI is InChI=1S/C21H31NO3/c1-4-9-22-18(25)11-16-15-6-5-13-10-14(23)7-8-20(13,2)19(15)17(24)12-21(16,22)3/h10,15-17,19,24H,4-9,11-12H2,1-3H3/t15?,16?,17-,19?,20-,21-/m0/s1. The third-order valence-corrected chi connectivity index (χ3v) is 8.02. The highest BCUT2D eigenvalue weighted by atomic mass is 16.3. The van der Waals surface area contributed by atoms with Gasteiger partial charge in [-0.3, -0.25) is 9.59 Å². The second-order valence-corrected chi connectivity index (χ2v) is 9.27. The molecule has 1 N–H and O–H groups in total. The largest absolute Gasteiger partial charge is 0.393 e. The van der Waals surface area contributed by atoms with Crippen molar-refractivity contribution in [1.29, 1.82) is 0 Å². The molecule has 1 aliphatic heterocycles. The van der Waals surface area contributed by atoms with Crippen molar-refractivity contribution in [3.05, 3.63) is 11.6 Å². The van der Waals surface area contributed by atoms with E-state index in [0.29, 0.717) is 31.1 Å². The Kier molecular flexibility index (Phi) is 3.91. The van der Waals surface area contributed by atoms with Gasteiger partial charge < -0.3 is 10.0 Å². The fourth-order valence-corrected chi connectivity index (χ4v) is 6.88. The average molecular weight is 345 g/mol. The lowest BCUT2D eigenvalue weighted by Crippen LogP contribution is -2.61. The molecule has 3 fully saturated rings. The van der Waals surface area contributed by atoms with Gasteiger partial charge in [-0.25, -0.2) is 0 Å². The molecule has 1 heterocycles. The Bertz CT molecular complexity index is 641. The molecule has 4 nitrogen and oxygen atoms in total. The molecule has 3 unspecified atom stereocenters. The lowest BCUT2D eigenvalue weighted by Gasteiger charge is -2.59. The highest BCUT2D eigenvalue weighted by Gasteiger charge is 2.63. The summed E-state index contributed by atoms with van der Waals surface area (Å²) < 4.78 is 0. The molecule has 138 valence electrons. The minimum atomic E-state index is -0.390. The van der Waals surface area contributed by atoms with Crippen LogP contribution < -0.4 is 0 Å². The number of carbonyl (C=O) groups excluding carboxylic acids is 2. The molecule has 4 rings (SSSR count). The number of rotatable bonds is 2. The number of fused-ring (bicyclic) bond motifs is 5. The van der Waals surface area contributed by atoms with E-state index in [2.05, 4.69) is 25.7 Å². The topological polar surface area (TPSA) is 57.6 Å². The van der Waals surface area contributed by atoms with Crippen molar-refractivity contribution in [2.45, 2.75) is 77.4 Å². The van der Waals surface area contributed by atoms with E-state index in [1.54, 1.807) is 0 Å². The predicted octanol–water partition coefficient (Wildman–Crippen LogP) is 3.09. The van der Waals surface area contributed by atoms with Crippen molar-refractivity contribution < 1.29 is 14.7 Å². The zero-order chi connectivity index (χ0) is 18.0. The van der Waals surface area contributed by atoms with E-state index in [4.69, 9.17) is 0 Å². The van der Waals surface area contributed by atoms with Crippen LogP contribution in [0.4, 0.5) is 0 Å². The highest BCUT2D eigenvalue weighted by Crippen LogP contribution is 2.62. The summed E-state index contributed by atoms with van der Waals surface area (Å²) in [5.41, 5.74) is 0.983. The van der Waals surface area contributed by atoms with Gasteiger partial charge in [0.15, 0.2) is 5.78 Å². The fourth-order valence-electron chi connectivity index (χ4n) is 6.88. The molecule has 0 aromatic rings. The smallest absolute Gasteiger partial charge is 0.223 e. The van der Waals surface area contributed by atoms with Crippen molar-refractivity contribution in [1.82, 2.24) is 4.90 Å². The molecule has 6 atom stereocenters. The second-order valence-electron chi connectivity index (χ2n) is 9.27. The molecule has 2 saturated carbocycles. The molecule has 0 bridgehead atoms. The number of likely N-dealkylation sites (tertiary alicyclic amines) is 1. The van der Waals surface area contributed by atoms with E-state index >= 15 is 0 Å². The van der Waals surface area contributed by atoms with Crippen molar-refractivity contribution in [2.24, 2.45) is 23.2 Å². The van der Waals surface area contributed by atoms with Crippen LogP contribution in [-0.4, -0.2) is 39.9 Å².